The molecule has 2 N–H and O–H groups in total. The van der Waals surface area contributed by atoms with Gasteiger partial charge in [0.25, 0.3) is 0 Å². The van der Waals surface area contributed by atoms with Gasteiger partial charge in [-0.2, -0.15) is 9.37 Å². The minimum Gasteiger partial charge on any atom is -0.453 e. The van der Waals surface area contributed by atoms with Crippen LogP contribution in [0.3, 0.4) is 0 Å². The SMILES string of the molecule is CNc1cnc(-c2sccc2[C@@H]2CCC[C@H]2C(=O)NC(=O)OC)nc1F. The fourth-order valence-electron chi connectivity index (χ4n) is 3.32. The highest BCUT2D eigenvalue weighted by Crippen LogP contribution is 2.44. The first-order valence-corrected chi connectivity index (χ1v) is 9.10. The molecule has 0 bridgehead atoms. The fraction of sp³-hybridized carbons (Fsp3) is 0.412. The summed E-state index contributed by atoms with van der Waals surface area (Å²) in [6, 6.07) is 1.92. The Morgan fingerprint density at radius 3 is 2.88 bits per heavy atom. The molecule has 0 aliphatic heterocycles. The lowest BCUT2D eigenvalue weighted by Crippen LogP contribution is -2.36. The Balaban J connectivity index is 1.88. The Kier molecular flexibility index (Phi) is 5.46. The van der Waals surface area contributed by atoms with Gasteiger partial charge >= 0.3 is 6.09 Å². The molecular formula is C17H19FN4O3S. The second-order valence-corrected chi connectivity index (χ2v) is 6.89. The van der Waals surface area contributed by atoms with Crippen LogP contribution < -0.4 is 10.6 Å². The van der Waals surface area contributed by atoms with Crippen molar-refractivity contribution in [2.75, 3.05) is 19.5 Å². The molecule has 0 radical (unpaired) electrons. The summed E-state index contributed by atoms with van der Waals surface area (Å²) in [7, 11) is 2.81. The number of ether oxygens (including phenoxy) is 1. The maximum atomic E-state index is 14.0. The second kappa shape index (κ2) is 7.77. The molecule has 26 heavy (non-hydrogen) atoms. The highest BCUT2D eigenvalue weighted by atomic mass is 32.1. The van der Waals surface area contributed by atoms with Crippen LogP contribution >= 0.6 is 11.3 Å². The normalized spacial score (nSPS) is 19.2. The zero-order valence-corrected chi connectivity index (χ0v) is 15.2. The molecule has 2 heterocycles. The van der Waals surface area contributed by atoms with Gasteiger partial charge in [-0.3, -0.25) is 10.1 Å². The third-order valence-corrected chi connectivity index (χ3v) is 5.50. The fourth-order valence-corrected chi connectivity index (χ4v) is 4.23. The van der Waals surface area contributed by atoms with Gasteiger partial charge in [0.05, 0.1) is 18.2 Å². The second-order valence-electron chi connectivity index (χ2n) is 5.98. The van der Waals surface area contributed by atoms with E-state index >= 15 is 0 Å². The van der Waals surface area contributed by atoms with Gasteiger partial charge < -0.3 is 10.1 Å². The number of methoxy groups -OCH3 is 1. The minimum absolute atomic E-state index is 0.0726. The topological polar surface area (TPSA) is 93.2 Å². The molecule has 2 aromatic heterocycles. The number of alkyl carbamates (subject to hydrolysis) is 1. The number of carbonyl (C=O) groups excluding carboxylic acids is 2. The van der Waals surface area contributed by atoms with Crippen LogP contribution in [-0.2, 0) is 9.53 Å². The number of hydrogen-bond donors (Lipinski definition) is 2. The van der Waals surface area contributed by atoms with E-state index in [9.17, 15) is 14.0 Å². The maximum Gasteiger partial charge on any atom is 0.413 e. The smallest absolute Gasteiger partial charge is 0.413 e. The number of carbonyl (C=O) groups is 2. The first-order chi connectivity index (χ1) is 12.5. The van der Waals surface area contributed by atoms with Crippen LogP contribution in [0.15, 0.2) is 17.6 Å². The van der Waals surface area contributed by atoms with Crippen molar-refractivity contribution in [1.82, 2.24) is 15.3 Å². The van der Waals surface area contributed by atoms with E-state index in [2.05, 4.69) is 25.3 Å². The van der Waals surface area contributed by atoms with Gasteiger partial charge in [-0.05, 0) is 35.8 Å². The highest BCUT2D eigenvalue weighted by Gasteiger charge is 2.36. The summed E-state index contributed by atoms with van der Waals surface area (Å²) in [5.41, 5.74) is 1.14. The predicted molar refractivity (Wildman–Crippen MR) is 95.5 cm³/mol. The zero-order chi connectivity index (χ0) is 18.7. The van der Waals surface area contributed by atoms with Crippen LogP contribution in [0.2, 0.25) is 0 Å². The number of nitrogens with one attached hydrogen (secondary N) is 2. The molecule has 2 atom stereocenters. The third kappa shape index (κ3) is 3.52. The third-order valence-electron chi connectivity index (χ3n) is 4.57. The molecule has 3 rings (SSSR count). The van der Waals surface area contributed by atoms with Gasteiger partial charge in [0.2, 0.25) is 11.9 Å². The maximum absolute atomic E-state index is 14.0. The lowest BCUT2D eigenvalue weighted by atomic mass is 9.88. The molecule has 1 saturated carbocycles. The van der Waals surface area contributed by atoms with Gasteiger partial charge in [-0.1, -0.05) is 6.42 Å². The average Bonchev–Trinajstić information content (AvgIpc) is 3.30. The van der Waals surface area contributed by atoms with Crippen molar-refractivity contribution in [2.24, 2.45) is 5.92 Å². The standard InChI is InChI=1S/C17H19FN4O3S/c1-19-12-8-20-15(21-14(12)18)13-10(6-7-26-13)9-4-3-5-11(9)16(23)22-17(24)25-2/h6-9,11,19H,3-5H2,1-2H3,(H,22,23,24)/t9-,11+/m0/s1. The Morgan fingerprint density at radius 1 is 1.38 bits per heavy atom. The molecular weight excluding hydrogens is 359 g/mol. The number of thiophene rings is 1. The molecule has 0 aromatic carbocycles. The lowest BCUT2D eigenvalue weighted by molar-refractivity contribution is -0.124. The van der Waals surface area contributed by atoms with Crippen molar-refractivity contribution in [2.45, 2.75) is 25.2 Å². The van der Waals surface area contributed by atoms with E-state index < -0.39 is 12.0 Å². The van der Waals surface area contributed by atoms with E-state index in [0.29, 0.717) is 12.2 Å². The Bertz CT molecular complexity index is 826. The monoisotopic (exact) mass is 378 g/mol. The summed E-state index contributed by atoms with van der Waals surface area (Å²) in [6.45, 7) is 0. The number of anilines is 1. The molecule has 1 fully saturated rings. The van der Waals surface area contributed by atoms with Gasteiger partial charge in [0.1, 0.15) is 5.69 Å². The average molecular weight is 378 g/mol. The summed E-state index contributed by atoms with van der Waals surface area (Å²) in [5.74, 6) is -1.09. The van der Waals surface area contributed by atoms with E-state index in [0.717, 1.165) is 23.3 Å². The quantitative estimate of drug-likeness (QED) is 0.794. The predicted octanol–water partition coefficient (Wildman–Crippen LogP) is 3.15. The molecule has 1 aliphatic carbocycles. The van der Waals surface area contributed by atoms with E-state index in [4.69, 9.17) is 0 Å². The van der Waals surface area contributed by atoms with E-state index in [1.807, 2.05) is 11.4 Å². The summed E-state index contributed by atoms with van der Waals surface area (Å²) in [4.78, 5) is 32.7. The van der Waals surface area contributed by atoms with Crippen molar-refractivity contribution in [1.29, 1.82) is 0 Å². The molecule has 0 saturated heterocycles. The first-order valence-electron chi connectivity index (χ1n) is 8.22. The van der Waals surface area contributed by atoms with Crippen molar-refractivity contribution < 1.29 is 18.7 Å². The van der Waals surface area contributed by atoms with Crippen LogP contribution in [0.1, 0.15) is 30.7 Å². The van der Waals surface area contributed by atoms with Gasteiger partial charge in [-0.25, -0.2) is 9.78 Å². The Hall–Kier alpha value is -2.55. The molecule has 1 aliphatic rings. The number of imide groups is 1. The van der Waals surface area contributed by atoms with Crippen LogP contribution in [-0.4, -0.2) is 36.1 Å². The van der Waals surface area contributed by atoms with Gasteiger partial charge in [0, 0.05) is 13.0 Å². The van der Waals surface area contributed by atoms with Crippen LogP contribution in [0.5, 0.6) is 0 Å². The number of halogens is 1. The molecule has 7 nitrogen and oxygen atoms in total. The van der Waals surface area contributed by atoms with E-state index in [1.165, 1.54) is 24.6 Å². The summed E-state index contributed by atoms with van der Waals surface area (Å²) in [6.07, 6.45) is 2.99. The number of aromatic nitrogens is 2. The van der Waals surface area contributed by atoms with Crippen LogP contribution in [0, 0.1) is 11.9 Å². The first kappa shape index (κ1) is 18.2. The Labute approximate surface area is 154 Å². The molecule has 0 unspecified atom stereocenters. The molecule has 9 heteroatoms. The number of rotatable bonds is 4. The van der Waals surface area contributed by atoms with Gasteiger partial charge in [0.15, 0.2) is 5.82 Å². The highest BCUT2D eigenvalue weighted by molar-refractivity contribution is 7.13. The van der Waals surface area contributed by atoms with Gasteiger partial charge in [-0.15, -0.1) is 11.3 Å². The molecule has 138 valence electrons. The van der Waals surface area contributed by atoms with Crippen LogP contribution in [0.25, 0.3) is 10.7 Å². The number of nitrogens with zero attached hydrogens (tertiary/aromatic N) is 2. The van der Waals surface area contributed by atoms with Crippen LogP contribution in [0.4, 0.5) is 14.9 Å². The largest absolute Gasteiger partial charge is 0.453 e. The van der Waals surface area contributed by atoms with Crippen molar-refractivity contribution in [3.05, 3.63) is 29.2 Å². The molecule has 0 spiro atoms. The van der Waals surface area contributed by atoms with Crippen molar-refractivity contribution >= 4 is 29.0 Å². The zero-order valence-electron chi connectivity index (χ0n) is 14.4. The van der Waals surface area contributed by atoms with E-state index in [-0.39, 0.29) is 23.4 Å². The molecule has 2 aromatic rings. The summed E-state index contributed by atoms with van der Waals surface area (Å²) < 4.78 is 18.5. The van der Waals surface area contributed by atoms with E-state index in [1.54, 1.807) is 7.05 Å². The van der Waals surface area contributed by atoms with Crippen molar-refractivity contribution in [3.63, 3.8) is 0 Å². The number of hydrogen-bond acceptors (Lipinski definition) is 7. The Morgan fingerprint density at radius 2 is 2.19 bits per heavy atom. The summed E-state index contributed by atoms with van der Waals surface area (Å²) in [5, 5.41) is 6.82. The number of amides is 2. The lowest BCUT2D eigenvalue weighted by Gasteiger charge is -2.19. The summed E-state index contributed by atoms with van der Waals surface area (Å²) >= 11 is 1.41. The minimum atomic E-state index is -0.765. The molecule has 2 amide bonds. The van der Waals surface area contributed by atoms with Crippen molar-refractivity contribution in [3.8, 4) is 10.7 Å².